The van der Waals surface area contributed by atoms with E-state index < -0.39 is 0 Å². The molecular formula is C8H11O2. The third-order valence-electron chi connectivity index (χ3n) is 1.75. The van der Waals surface area contributed by atoms with E-state index in [0.717, 1.165) is 6.42 Å². The van der Waals surface area contributed by atoms with Gasteiger partial charge < -0.3 is 0 Å². The summed E-state index contributed by atoms with van der Waals surface area (Å²) in [5.74, 6) is -0.546. The third kappa shape index (κ3) is 1.43. The Bertz CT molecular complexity index is 180. The molecule has 0 saturated heterocycles. The molecule has 0 spiro atoms. The van der Waals surface area contributed by atoms with Crippen molar-refractivity contribution in [2.75, 3.05) is 0 Å². The Hall–Kier alpha value is -0.660. The average Bonchev–Trinajstić information content (AvgIpc) is 1.79. The Kier molecular flexibility index (Phi) is 1.63. The van der Waals surface area contributed by atoms with Gasteiger partial charge in [-0.05, 0) is 11.8 Å². The number of Topliss-reactive ketones (excluding diaryl/α,β-unsaturated/α-hetero) is 2. The van der Waals surface area contributed by atoms with Gasteiger partial charge in [0.25, 0.3) is 0 Å². The van der Waals surface area contributed by atoms with Crippen LogP contribution in [-0.2, 0) is 9.59 Å². The van der Waals surface area contributed by atoms with E-state index in [2.05, 4.69) is 0 Å². The summed E-state index contributed by atoms with van der Waals surface area (Å²) in [6, 6.07) is 0. The van der Waals surface area contributed by atoms with Crippen LogP contribution in [0.25, 0.3) is 0 Å². The predicted octanol–water partition coefficient (Wildman–Crippen LogP) is 1.15. The number of carbonyl (C=O) groups excluding carboxylic acids is 2. The fourth-order valence-electron chi connectivity index (χ4n) is 1.08. The summed E-state index contributed by atoms with van der Waals surface area (Å²) in [5.41, 5.74) is 0.00495. The summed E-state index contributed by atoms with van der Waals surface area (Å²) in [6.07, 6.45) is 2.63. The van der Waals surface area contributed by atoms with Gasteiger partial charge in [0.05, 0.1) is 0 Å². The van der Waals surface area contributed by atoms with Crippen molar-refractivity contribution >= 4 is 11.6 Å². The van der Waals surface area contributed by atoms with Crippen molar-refractivity contribution in [3.05, 3.63) is 6.42 Å². The van der Waals surface area contributed by atoms with Crippen LogP contribution in [0.15, 0.2) is 0 Å². The topological polar surface area (TPSA) is 34.1 Å². The quantitative estimate of drug-likeness (QED) is 0.472. The highest BCUT2D eigenvalue weighted by Gasteiger charge is 2.31. The molecule has 0 heterocycles. The van der Waals surface area contributed by atoms with Crippen molar-refractivity contribution in [2.45, 2.75) is 26.7 Å². The fraction of sp³-hybridized carbons (Fsp3) is 0.625. The zero-order valence-corrected chi connectivity index (χ0v) is 6.31. The second-order valence-electron chi connectivity index (χ2n) is 3.54. The first-order valence-corrected chi connectivity index (χ1v) is 3.42. The minimum absolute atomic E-state index is 0.00495. The van der Waals surface area contributed by atoms with Crippen molar-refractivity contribution in [2.24, 2.45) is 5.41 Å². The molecule has 0 amide bonds. The molecule has 1 radical (unpaired) electrons. The minimum Gasteiger partial charge on any atom is -0.291 e. The highest BCUT2D eigenvalue weighted by Crippen LogP contribution is 2.30. The minimum atomic E-state index is -0.306. The standard InChI is InChI=1S/C8H11O2/c1-8(2)4-3-6(9)7(10)5-8/h3H,4-5H2,1-2H3. The summed E-state index contributed by atoms with van der Waals surface area (Å²) in [4.78, 5) is 21.5. The molecule has 2 nitrogen and oxygen atoms in total. The van der Waals surface area contributed by atoms with Crippen LogP contribution in [0.4, 0.5) is 0 Å². The van der Waals surface area contributed by atoms with Crippen molar-refractivity contribution in [1.82, 2.24) is 0 Å². The van der Waals surface area contributed by atoms with Gasteiger partial charge in [0.1, 0.15) is 0 Å². The zero-order valence-electron chi connectivity index (χ0n) is 6.31. The summed E-state index contributed by atoms with van der Waals surface area (Å²) >= 11 is 0. The molecule has 0 bridgehead atoms. The molecule has 0 aromatic carbocycles. The lowest BCUT2D eigenvalue weighted by Crippen LogP contribution is -2.30. The van der Waals surface area contributed by atoms with Crippen molar-refractivity contribution < 1.29 is 9.59 Å². The Balaban J connectivity index is 2.66. The normalized spacial score (nSPS) is 25.0. The lowest BCUT2D eigenvalue weighted by molar-refractivity contribution is -0.137. The Morgan fingerprint density at radius 1 is 1.40 bits per heavy atom. The van der Waals surface area contributed by atoms with Crippen LogP contribution >= 0.6 is 0 Å². The number of ketones is 2. The van der Waals surface area contributed by atoms with Crippen molar-refractivity contribution in [3.8, 4) is 0 Å². The van der Waals surface area contributed by atoms with E-state index in [9.17, 15) is 9.59 Å². The van der Waals surface area contributed by atoms with E-state index in [0.29, 0.717) is 6.42 Å². The molecule has 0 atom stereocenters. The van der Waals surface area contributed by atoms with E-state index in [4.69, 9.17) is 0 Å². The van der Waals surface area contributed by atoms with Gasteiger partial charge in [0.2, 0.25) is 5.78 Å². The first-order valence-electron chi connectivity index (χ1n) is 3.42. The lowest BCUT2D eigenvalue weighted by Gasteiger charge is -2.26. The molecule has 0 N–H and O–H groups in total. The van der Waals surface area contributed by atoms with E-state index in [1.807, 2.05) is 13.8 Å². The average molecular weight is 139 g/mol. The number of rotatable bonds is 0. The van der Waals surface area contributed by atoms with Crippen LogP contribution < -0.4 is 0 Å². The van der Waals surface area contributed by atoms with Crippen LogP contribution in [0.5, 0.6) is 0 Å². The smallest absolute Gasteiger partial charge is 0.202 e. The molecule has 0 aromatic heterocycles. The largest absolute Gasteiger partial charge is 0.291 e. The van der Waals surface area contributed by atoms with Crippen LogP contribution in [0.1, 0.15) is 26.7 Å². The maximum absolute atomic E-state index is 10.8. The Labute approximate surface area is 60.6 Å². The van der Waals surface area contributed by atoms with Crippen molar-refractivity contribution in [1.29, 1.82) is 0 Å². The molecule has 1 rings (SSSR count). The van der Waals surface area contributed by atoms with Crippen LogP contribution in [0, 0.1) is 11.8 Å². The van der Waals surface area contributed by atoms with E-state index in [-0.39, 0.29) is 17.0 Å². The van der Waals surface area contributed by atoms with E-state index in [1.54, 1.807) is 0 Å². The highest BCUT2D eigenvalue weighted by molar-refractivity contribution is 6.41. The highest BCUT2D eigenvalue weighted by atomic mass is 16.2. The molecule has 0 aliphatic heterocycles. The molecule has 55 valence electrons. The number of hydrogen-bond acceptors (Lipinski definition) is 2. The molecule has 0 aromatic rings. The summed E-state index contributed by atoms with van der Waals surface area (Å²) in [5, 5.41) is 0. The van der Waals surface area contributed by atoms with Crippen LogP contribution in [0.2, 0.25) is 0 Å². The molecule has 1 aliphatic rings. The van der Waals surface area contributed by atoms with Gasteiger partial charge in [0.15, 0.2) is 5.78 Å². The second kappa shape index (κ2) is 2.19. The summed E-state index contributed by atoms with van der Waals surface area (Å²) in [6.45, 7) is 3.99. The SMILES string of the molecule is CC1(C)C[CH]C(=O)C(=O)C1. The summed E-state index contributed by atoms with van der Waals surface area (Å²) in [7, 11) is 0. The van der Waals surface area contributed by atoms with Gasteiger partial charge >= 0.3 is 0 Å². The van der Waals surface area contributed by atoms with Gasteiger partial charge in [-0.15, -0.1) is 0 Å². The molecule has 0 unspecified atom stereocenters. The first kappa shape index (κ1) is 7.45. The number of hydrogen-bond donors (Lipinski definition) is 0. The van der Waals surface area contributed by atoms with Gasteiger partial charge in [-0.1, -0.05) is 13.8 Å². The Morgan fingerprint density at radius 3 is 2.40 bits per heavy atom. The second-order valence-corrected chi connectivity index (χ2v) is 3.54. The van der Waals surface area contributed by atoms with E-state index in [1.165, 1.54) is 6.42 Å². The summed E-state index contributed by atoms with van der Waals surface area (Å²) < 4.78 is 0. The maximum Gasteiger partial charge on any atom is 0.202 e. The van der Waals surface area contributed by atoms with Crippen LogP contribution in [-0.4, -0.2) is 11.6 Å². The van der Waals surface area contributed by atoms with Gasteiger partial charge in [-0.2, -0.15) is 0 Å². The monoisotopic (exact) mass is 139 g/mol. The van der Waals surface area contributed by atoms with E-state index >= 15 is 0 Å². The molecule has 10 heavy (non-hydrogen) atoms. The maximum atomic E-state index is 10.8. The Morgan fingerprint density at radius 2 is 2.00 bits per heavy atom. The number of carbonyl (C=O) groups is 2. The van der Waals surface area contributed by atoms with Gasteiger partial charge in [-0.25, -0.2) is 0 Å². The zero-order chi connectivity index (χ0) is 7.78. The van der Waals surface area contributed by atoms with Crippen molar-refractivity contribution in [3.63, 3.8) is 0 Å². The first-order chi connectivity index (χ1) is 4.51. The molecular weight excluding hydrogens is 128 g/mol. The predicted molar refractivity (Wildman–Crippen MR) is 37.3 cm³/mol. The lowest BCUT2D eigenvalue weighted by atomic mass is 9.76. The molecule has 1 fully saturated rings. The molecule has 1 aliphatic carbocycles. The van der Waals surface area contributed by atoms with Crippen LogP contribution in [0.3, 0.4) is 0 Å². The van der Waals surface area contributed by atoms with Gasteiger partial charge in [-0.3, -0.25) is 9.59 Å². The fourth-order valence-corrected chi connectivity index (χ4v) is 1.08. The third-order valence-corrected chi connectivity index (χ3v) is 1.75. The van der Waals surface area contributed by atoms with Gasteiger partial charge in [0, 0.05) is 12.8 Å². The molecule has 1 saturated carbocycles. The molecule has 2 heteroatoms.